The number of anilines is 1. The maximum atomic E-state index is 11.4. The average Bonchev–Trinajstić information content (AvgIpc) is 2.83. The van der Waals surface area contributed by atoms with Crippen LogP contribution in [0, 0.1) is 13.8 Å². The topological polar surface area (TPSA) is 78.8 Å². The highest BCUT2D eigenvalue weighted by Gasteiger charge is 2.12. The molecular formula is C29H24ClNO4. The van der Waals surface area contributed by atoms with Crippen LogP contribution in [-0.2, 0) is 0 Å². The van der Waals surface area contributed by atoms with Crippen LogP contribution < -0.4 is 10.1 Å². The van der Waals surface area contributed by atoms with Crippen LogP contribution in [0.3, 0.4) is 0 Å². The van der Waals surface area contributed by atoms with E-state index in [2.05, 4.69) is 11.9 Å². The maximum absolute atomic E-state index is 11.4. The molecule has 5 nitrogen and oxygen atoms in total. The number of phenols is 1. The number of para-hydroxylation sites is 1. The number of phenolic OH excluding ortho intramolecular Hbond substituents is 1. The number of aromatic hydroxyl groups is 1. The standard InChI is InChI=1S/C29H24ClNO4/c1-17-8-13-22(15-24(17)29(33)34)35-19(3)31-27-16-26(30)25(14-18(27)2)21-11-9-20(10-12-21)23-6-4-5-7-28(23)32/h4-16,31-32H,3H2,1-2H3,(H,33,34). The molecule has 0 heterocycles. The number of nitrogens with one attached hydrogen (secondary N) is 1. The van der Waals surface area contributed by atoms with Gasteiger partial charge in [-0.1, -0.05) is 60.1 Å². The Kier molecular flexibility index (Phi) is 6.80. The van der Waals surface area contributed by atoms with Crippen molar-refractivity contribution in [1.29, 1.82) is 0 Å². The van der Waals surface area contributed by atoms with Crippen LogP contribution in [0.4, 0.5) is 5.69 Å². The second-order valence-corrected chi connectivity index (χ2v) is 8.58. The third kappa shape index (κ3) is 5.31. The summed E-state index contributed by atoms with van der Waals surface area (Å²) in [6.45, 7) is 7.57. The Morgan fingerprint density at radius 3 is 2.20 bits per heavy atom. The van der Waals surface area contributed by atoms with Crippen LogP contribution in [0.25, 0.3) is 22.3 Å². The molecule has 0 spiro atoms. The van der Waals surface area contributed by atoms with Crippen LogP contribution >= 0.6 is 11.6 Å². The van der Waals surface area contributed by atoms with Crippen molar-refractivity contribution in [3.8, 4) is 33.8 Å². The molecule has 0 amide bonds. The fraction of sp³-hybridized carbons (Fsp3) is 0.0690. The van der Waals surface area contributed by atoms with Crippen LogP contribution in [0.15, 0.2) is 91.3 Å². The first kappa shape index (κ1) is 23.9. The molecule has 4 rings (SSSR count). The molecule has 35 heavy (non-hydrogen) atoms. The summed E-state index contributed by atoms with van der Waals surface area (Å²) in [7, 11) is 0. The number of rotatable bonds is 7. The number of benzene rings is 4. The van der Waals surface area contributed by atoms with Crippen molar-refractivity contribution in [2.45, 2.75) is 13.8 Å². The van der Waals surface area contributed by atoms with Crippen LogP contribution in [0.5, 0.6) is 11.5 Å². The van der Waals surface area contributed by atoms with Crippen molar-refractivity contribution in [2.24, 2.45) is 0 Å². The Morgan fingerprint density at radius 1 is 0.886 bits per heavy atom. The van der Waals surface area contributed by atoms with Gasteiger partial charge < -0.3 is 20.3 Å². The zero-order valence-electron chi connectivity index (χ0n) is 19.3. The van der Waals surface area contributed by atoms with Crippen molar-refractivity contribution in [3.63, 3.8) is 0 Å². The van der Waals surface area contributed by atoms with E-state index in [1.165, 1.54) is 6.07 Å². The Morgan fingerprint density at radius 2 is 1.54 bits per heavy atom. The molecule has 0 bridgehead atoms. The first-order valence-corrected chi connectivity index (χ1v) is 11.3. The molecule has 4 aromatic carbocycles. The number of aromatic carboxylic acids is 1. The van der Waals surface area contributed by atoms with E-state index in [-0.39, 0.29) is 17.2 Å². The molecule has 176 valence electrons. The SMILES string of the molecule is C=C(Nc1cc(Cl)c(-c2ccc(-c3ccccc3O)cc2)cc1C)Oc1ccc(C)c(C(=O)O)c1. The van der Waals surface area contributed by atoms with Crippen LogP contribution in [-0.4, -0.2) is 16.2 Å². The Bertz CT molecular complexity index is 1430. The summed E-state index contributed by atoms with van der Waals surface area (Å²) in [5.41, 5.74) is 5.96. The third-order valence-electron chi connectivity index (χ3n) is 5.68. The summed E-state index contributed by atoms with van der Waals surface area (Å²) < 4.78 is 5.71. The Labute approximate surface area is 208 Å². The minimum Gasteiger partial charge on any atom is -0.507 e. The fourth-order valence-corrected chi connectivity index (χ4v) is 4.07. The molecular weight excluding hydrogens is 462 g/mol. The third-order valence-corrected chi connectivity index (χ3v) is 5.99. The molecule has 4 aromatic rings. The zero-order chi connectivity index (χ0) is 25.1. The van der Waals surface area contributed by atoms with Gasteiger partial charge >= 0.3 is 5.97 Å². The number of aryl methyl sites for hydroxylation is 2. The molecule has 0 aliphatic carbocycles. The quantitative estimate of drug-likeness (QED) is 0.234. The highest BCUT2D eigenvalue weighted by molar-refractivity contribution is 6.33. The number of carboxylic acids is 1. The second kappa shape index (κ2) is 9.95. The van der Waals surface area contributed by atoms with E-state index < -0.39 is 5.97 Å². The van der Waals surface area contributed by atoms with Crippen molar-refractivity contribution < 1.29 is 19.7 Å². The lowest BCUT2D eigenvalue weighted by Gasteiger charge is -2.16. The zero-order valence-corrected chi connectivity index (χ0v) is 20.1. The molecule has 0 aliphatic heterocycles. The van der Waals surface area contributed by atoms with Crippen LogP contribution in [0.1, 0.15) is 21.5 Å². The molecule has 0 atom stereocenters. The highest BCUT2D eigenvalue weighted by atomic mass is 35.5. The van der Waals surface area contributed by atoms with E-state index in [1.807, 2.05) is 49.4 Å². The lowest BCUT2D eigenvalue weighted by atomic mass is 9.98. The Hall–Kier alpha value is -4.22. The number of ether oxygens (including phenoxy) is 1. The van der Waals surface area contributed by atoms with Gasteiger partial charge in [-0.25, -0.2) is 4.79 Å². The molecule has 0 fully saturated rings. The lowest BCUT2D eigenvalue weighted by Crippen LogP contribution is -2.08. The van der Waals surface area contributed by atoms with E-state index in [9.17, 15) is 15.0 Å². The molecule has 0 saturated carbocycles. The predicted octanol–water partition coefficient (Wildman–Crippen LogP) is 7.66. The van der Waals surface area contributed by atoms with Gasteiger partial charge in [0, 0.05) is 16.8 Å². The summed E-state index contributed by atoms with van der Waals surface area (Å²) in [6.07, 6.45) is 0. The van der Waals surface area contributed by atoms with E-state index in [0.29, 0.717) is 16.3 Å². The monoisotopic (exact) mass is 485 g/mol. The van der Waals surface area contributed by atoms with Crippen molar-refractivity contribution in [3.05, 3.63) is 113 Å². The summed E-state index contributed by atoms with van der Waals surface area (Å²) in [6, 6.07) is 23.7. The number of hydrogen-bond acceptors (Lipinski definition) is 4. The van der Waals surface area contributed by atoms with Gasteiger partial charge in [0.05, 0.1) is 10.6 Å². The molecule has 0 unspecified atom stereocenters. The largest absolute Gasteiger partial charge is 0.507 e. The van der Waals surface area contributed by atoms with Gasteiger partial charge in [0.2, 0.25) is 0 Å². The average molecular weight is 486 g/mol. The lowest BCUT2D eigenvalue weighted by molar-refractivity contribution is 0.0695. The number of hydrogen-bond donors (Lipinski definition) is 3. The molecule has 0 saturated heterocycles. The van der Waals surface area contributed by atoms with Gasteiger partial charge in [0.1, 0.15) is 11.5 Å². The van der Waals surface area contributed by atoms with Gasteiger partial charge in [-0.2, -0.15) is 0 Å². The van der Waals surface area contributed by atoms with Gasteiger partial charge in [0.25, 0.3) is 0 Å². The van der Waals surface area contributed by atoms with E-state index in [4.69, 9.17) is 16.3 Å². The first-order valence-electron chi connectivity index (χ1n) is 10.9. The molecule has 3 N–H and O–H groups in total. The highest BCUT2D eigenvalue weighted by Crippen LogP contribution is 2.36. The van der Waals surface area contributed by atoms with Crippen molar-refractivity contribution in [1.82, 2.24) is 0 Å². The van der Waals surface area contributed by atoms with E-state index in [1.54, 1.807) is 37.3 Å². The smallest absolute Gasteiger partial charge is 0.336 e. The number of halogens is 1. The summed E-state index contributed by atoms with van der Waals surface area (Å²) in [5.74, 6) is -0.172. The van der Waals surface area contributed by atoms with Gasteiger partial charge in [-0.05, 0) is 73.0 Å². The molecule has 6 heteroatoms. The van der Waals surface area contributed by atoms with Gasteiger partial charge in [-0.15, -0.1) is 0 Å². The first-order chi connectivity index (χ1) is 16.7. The van der Waals surface area contributed by atoms with Crippen LogP contribution in [0.2, 0.25) is 5.02 Å². The number of carboxylic acid groups (broad SMARTS) is 1. The maximum Gasteiger partial charge on any atom is 0.336 e. The second-order valence-electron chi connectivity index (χ2n) is 8.17. The Balaban J connectivity index is 1.52. The van der Waals surface area contributed by atoms with Crippen molar-refractivity contribution in [2.75, 3.05) is 5.32 Å². The summed E-state index contributed by atoms with van der Waals surface area (Å²) in [4.78, 5) is 11.4. The van der Waals surface area contributed by atoms with Gasteiger partial charge in [-0.3, -0.25) is 0 Å². The van der Waals surface area contributed by atoms with E-state index in [0.717, 1.165) is 33.5 Å². The summed E-state index contributed by atoms with van der Waals surface area (Å²) >= 11 is 6.62. The van der Waals surface area contributed by atoms with E-state index >= 15 is 0 Å². The molecule has 0 radical (unpaired) electrons. The molecule has 0 aromatic heterocycles. The number of carbonyl (C=O) groups is 1. The van der Waals surface area contributed by atoms with Gasteiger partial charge in [0.15, 0.2) is 5.88 Å². The normalized spacial score (nSPS) is 10.6. The minimum absolute atomic E-state index is 0.173. The van der Waals surface area contributed by atoms with Crippen molar-refractivity contribution >= 4 is 23.3 Å². The fourth-order valence-electron chi connectivity index (χ4n) is 3.80. The minimum atomic E-state index is -1.02. The predicted molar refractivity (Wildman–Crippen MR) is 140 cm³/mol. The summed E-state index contributed by atoms with van der Waals surface area (Å²) in [5, 5.41) is 23.1. The molecule has 0 aliphatic rings.